The first-order valence-electron chi connectivity index (χ1n) is 3.61. The van der Waals surface area contributed by atoms with Crippen molar-refractivity contribution < 1.29 is 49.4 Å². The van der Waals surface area contributed by atoms with E-state index in [2.05, 4.69) is 13.8 Å². The fourth-order valence-corrected chi connectivity index (χ4v) is 1.28. The normalized spacial score (nSPS) is 8.46. The molecule has 0 aromatic carbocycles. The van der Waals surface area contributed by atoms with Crippen molar-refractivity contribution in [2.45, 2.75) is 26.7 Å². The van der Waals surface area contributed by atoms with Crippen LogP contribution in [-0.4, -0.2) is 21.9 Å². The van der Waals surface area contributed by atoms with Crippen LogP contribution < -0.4 is 34.5 Å². The first kappa shape index (κ1) is 23.9. The van der Waals surface area contributed by atoms with Gasteiger partial charge in [-0.05, 0) is 29.2 Å². The van der Waals surface area contributed by atoms with Gasteiger partial charge in [-0.2, -0.15) is 4.89 Å². The van der Waals surface area contributed by atoms with E-state index in [9.17, 15) is 0 Å². The first-order valence-corrected chi connectivity index (χ1v) is 6.01. The number of hydrogen-bond acceptors (Lipinski definition) is 3. The second kappa shape index (κ2) is 23.3. The molecule has 1 atom stereocenters. The molecule has 0 amide bonds. The van der Waals surface area contributed by atoms with Gasteiger partial charge >= 0.3 is 37.8 Å². The SMILES string of the molecule is CCC[SH+]CCC.O=[P+]([O-])O.[Na+].[OH-]. The van der Waals surface area contributed by atoms with Crippen LogP contribution >= 0.6 is 8.25 Å². The third-order valence-electron chi connectivity index (χ3n) is 0.763. The predicted octanol–water partition coefficient (Wildman–Crippen LogP) is -2.56. The largest absolute Gasteiger partial charge is 1.00 e. The Labute approximate surface area is 107 Å². The summed E-state index contributed by atoms with van der Waals surface area (Å²) in [6.07, 6.45) is 2.70. The zero-order valence-corrected chi connectivity index (χ0v) is 12.2. The monoisotopic (exact) mass is 239 g/mol. The Hall–Kier alpha value is 1.33. The van der Waals surface area contributed by atoms with Crippen molar-refractivity contribution in [1.82, 2.24) is 0 Å². The Morgan fingerprint density at radius 1 is 1.31 bits per heavy atom. The van der Waals surface area contributed by atoms with Crippen LogP contribution in [0, 0.1) is 0 Å². The summed E-state index contributed by atoms with van der Waals surface area (Å²) in [5.41, 5.74) is 0. The Bertz CT molecular complexity index is 88.7. The zero-order valence-electron chi connectivity index (χ0n) is 8.43. The Balaban J connectivity index is -0.0000000600. The molecule has 0 aliphatic rings. The Morgan fingerprint density at radius 2 is 1.54 bits per heavy atom. The van der Waals surface area contributed by atoms with Crippen LogP contribution in [0.15, 0.2) is 0 Å². The van der Waals surface area contributed by atoms with Crippen LogP contribution in [0.2, 0.25) is 0 Å². The van der Waals surface area contributed by atoms with Crippen LogP contribution in [0.5, 0.6) is 0 Å². The molecule has 13 heavy (non-hydrogen) atoms. The van der Waals surface area contributed by atoms with Gasteiger partial charge in [-0.1, -0.05) is 13.8 Å². The van der Waals surface area contributed by atoms with Crippen molar-refractivity contribution >= 4 is 20.0 Å². The summed E-state index contributed by atoms with van der Waals surface area (Å²) >= 11 is 1.64. The summed E-state index contributed by atoms with van der Waals surface area (Å²) in [6.45, 7) is 4.48. The van der Waals surface area contributed by atoms with E-state index < -0.39 is 8.25 Å². The smallest absolute Gasteiger partial charge is 0.870 e. The average molecular weight is 239 g/mol. The summed E-state index contributed by atoms with van der Waals surface area (Å²) in [4.78, 5) is 15.6. The molecular weight excluding hydrogens is 222 g/mol. The standard InChI is InChI=1S/C6H14S.Na.HO3P.H2O/c1-3-5-7-6-4-2;;1-4(2)3;/h3-6H2,1-2H3;;(H,1,2,3);1H2/q;+1;;. The molecule has 76 valence electrons. The molecule has 0 radical (unpaired) electrons. The maximum Gasteiger partial charge on any atom is 1.00 e. The van der Waals surface area contributed by atoms with Gasteiger partial charge in [0, 0.05) is 0 Å². The molecule has 0 saturated carbocycles. The second-order valence-corrected chi connectivity index (χ2v) is 3.73. The summed E-state index contributed by atoms with van der Waals surface area (Å²) in [5, 5.41) is 0. The minimum Gasteiger partial charge on any atom is -0.870 e. The minimum atomic E-state index is -3.12. The third-order valence-corrected chi connectivity index (χ3v) is 2.29. The van der Waals surface area contributed by atoms with E-state index in [-0.39, 0.29) is 35.0 Å². The van der Waals surface area contributed by atoms with Gasteiger partial charge in [0.2, 0.25) is 0 Å². The summed E-state index contributed by atoms with van der Waals surface area (Å²) < 4.78 is 8.59. The fraction of sp³-hybridized carbons (Fsp3) is 1.00. The average Bonchev–Trinajstić information content (AvgIpc) is 1.88. The van der Waals surface area contributed by atoms with E-state index in [1.807, 2.05) is 0 Å². The van der Waals surface area contributed by atoms with Crippen molar-refractivity contribution in [3.05, 3.63) is 0 Å². The molecule has 0 aromatic rings. The van der Waals surface area contributed by atoms with Gasteiger partial charge in [0.05, 0.1) is 0 Å². The van der Waals surface area contributed by atoms with E-state index in [4.69, 9.17) is 14.4 Å². The summed E-state index contributed by atoms with van der Waals surface area (Å²) in [6, 6.07) is 0. The van der Waals surface area contributed by atoms with Gasteiger partial charge in [0.1, 0.15) is 11.5 Å². The molecule has 7 heteroatoms. The Kier molecular flexibility index (Phi) is 42.7. The van der Waals surface area contributed by atoms with Crippen molar-refractivity contribution in [3.63, 3.8) is 0 Å². The third kappa shape index (κ3) is 60.2. The van der Waals surface area contributed by atoms with Crippen LogP contribution in [0.4, 0.5) is 0 Å². The molecule has 0 aliphatic heterocycles. The number of hydrogen-bond donors (Lipinski definition) is 1. The summed E-state index contributed by atoms with van der Waals surface area (Å²) in [5.74, 6) is 2.79. The minimum absolute atomic E-state index is 0. The van der Waals surface area contributed by atoms with Crippen molar-refractivity contribution in [2.75, 3.05) is 11.5 Å². The molecule has 0 aromatic heterocycles. The Morgan fingerprint density at radius 3 is 1.69 bits per heavy atom. The predicted molar refractivity (Wildman–Crippen MR) is 50.8 cm³/mol. The van der Waals surface area contributed by atoms with Crippen LogP contribution in [0.1, 0.15) is 26.7 Å². The van der Waals surface area contributed by atoms with Crippen LogP contribution in [0.3, 0.4) is 0 Å². The first-order chi connectivity index (χ1) is 5.15. The molecule has 0 saturated heterocycles. The molecule has 0 aliphatic carbocycles. The van der Waals surface area contributed by atoms with E-state index in [1.165, 1.54) is 24.3 Å². The van der Waals surface area contributed by atoms with E-state index in [0.717, 1.165) is 0 Å². The molecule has 4 nitrogen and oxygen atoms in total. The molecule has 0 heterocycles. The quantitative estimate of drug-likeness (QED) is 0.192. The molecule has 2 N–H and O–H groups in total. The number of rotatable bonds is 4. The molecule has 1 unspecified atom stereocenters. The van der Waals surface area contributed by atoms with Crippen molar-refractivity contribution in [2.24, 2.45) is 0 Å². The van der Waals surface area contributed by atoms with Gasteiger partial charge < -0.3 is 10.4 Å². The van der Waals surface area contributed by atoms with Crippen LogP contribution in [-0.2, 0) is 16.3 Å². The summed E-state index contributed by atoms with van der Waals surface area (Å²) in [7, 11) is -3.12. The van der Waals surface area contributed by atoms with Gasteiger partial charge in [0.25, 0.3) is 0 Å². The van der Waals surface area contributed by atoms with Gasteiger partial charge in [-0.15, -0.1) is 0 Å². The van der Waals surface area contributed by atoms with E-state index in [0.29, 0.717) is 0 Å². The molecular formula is C6H17NaO4PS+. The van der Waals surface area contributed by atoms with Crippen LogP contribution in [0.25, 0.3) is 0 Å². The van der Waals surface area contributed by atoms with E-state index >= 15 is 0 Å². The maximum atomic E-state index is 8.59. The van der Waals surface area contributed by atoms with Crippen molar-refractivity contribution in [1.29, 1.82) is 0 Å². The fourth-order valence-electron chi connectivity index (χ4n) is 0.428. The van der Waals surface area contributed by atoms with Crippen molar-refractivity contribution in [3.8, 4) is 0 Å². The molecule has 0 spiro atoms. The molecule has 0 fully saturated rings. The molecule has 0 bridgehead atoms. The zero-order chi connectivity index (χ0) is 9.11. The van der Waals surface area contributed by atoms with Gasteiger partial charge in [-0.25, -0.2) is 0 Å². The second-order valence-electron chi connectivity index (χ2n) is 1.91. The number of thiol groups is 1. The maximum absolute atomic E-state index is 8.59. The molecule has 0 rings (SSSR count). The van der Waals surface area contributed by atoms with E-state index in [1.54, 1.807) is 11.8 Å². The van der Waals surface area contributed by atoms with Gasteiger partial charge in [0.15, 0.2) is 0 Å². The topological polar surface area (TPSA) is 90.4 Å². The van der Waals surface area contributed by atoms with Gasteiger partial charge in [-0.3, -0.25) is 0 Å².